The number of methoxy groups -OCH3 is 2. The topological polar surface area (TPSA) is 67.9 Å². The molecule has 1 saturated carbocycles. The molecule has 1 aliphatic carbocycles. The summed E-state index contributed by atoms with van der Waals surface area (Å²) in [6.45, 7) is 1.90. The lowest BCUT2D eigenvalue weighted by Gasteiger charge is -2.38. The second kappa shape index (κ2) is 6.92. The Balaban J connectivity index is 1.86. The molecular weight excluding hydrogens is 260 g/mol. The van der Waals surface area contributed by atoms with Crippen LogP contribution in [0.4, 0.5) is 4.79 Å². The molecule has 2 fully saturated rings. The van der Waals surface area contributed by atoms with Gasteiger partial charge in [-0.05, 0) is 31.6 Å². The summed E-state index contributed by atoms with van der Waals surface area (Å²) in [6.07, 6.45) is 4.28. The number of nitrogens with one attached hydrogen (secondary N) is 1. The van der Waals surface area contributed by atoms with Crippen LogP contribution in [0, 0.1) is 5.92 Å². The van der Waals surface area contributed by atoms with Gasteiger partial charge in [0.2, 0.25) is 0 Å². The first-order chi connectivity index (χ1) is 9.62. The molecule has 0 aromatic heterocycles. The van der Waals surface area contributed by atoms with E-state index in [2.05, 4.69) is 15.0 Å². The van der Waals surface area contributed by atoms with Crippen molar-refractivity contribution in [3.05, 3.63) is 0 Å². The first kappa shape index (κ1) is 15.1. The van der Waals surface area contributed by atoms with Crippen molar-refractivity contribution in [2.75, 3.05) is 27.3 Å². The van der Waals surface area contributed by atoms with Gasteiger partial charge in [0.25, 0.3) is 0 Å². The largest absolute Gasteiger partial charge is 0.469 e. The summed E-state index contributed by atoms with van der Waals surface area (Å²) < 4.78 is 9.37. The van der Waals surface area contributed by atoms with E-state index < -0.39 is 0 Å². The molecule has 0 aromatic rings. The summed E-state index contributed by atoms with van der Waals surface area (Å²) >= 11 is 0. The van der Waals surface area contributed by atoms with Crippen molar-refractivity contribution in [2.45, 2.75) is 44.2 Å². The zero-order valence-corrected chi connectivity index (χ0v) is 12.3. The van der Waals surface area contributed by atoms with Crippen LogP contribution in [0.1, 0.15) is 32.1 Å². The molecule has 0 spiro atoms. The maximum absolute atomic E-state index is 11.4. The number of likely N-dealkylation sites (tertiary alicyclic amines) is 1. The molecule has 1 saturated heterocycles. The molecule has 6 nitrogen and oxygen atoms in total. The lowest BCUT2D eigenvalue weighted by Crippen LogP contribution is -2.51. The minimum Gasteiger partial charge on any atom is -0.469 e. The fraction of sp³-hybridized carbons (Fsp3) is 0.857. The van der Waals surface area contributed by atoms with Gasteiger partial charge >= 0.3 is 12.1 Å². The van der Waals surface area contributed by atoms with Crippen LogP contribution in [-0.2, 0) is 14.3 Å². The van der Waals surface area contributed by atoms with Crippen molar-refractivity contribution in [1.82, 2.24) is 10.2 Å². The van der Waals surface area contributed by atoms with E-state index in [9.17, 15) is 9.59 Å². The number of nitrogens with zero attached hydrogens (tertiary/aromatic N) is 1. The van der Waals surface area contributed by atoms with Gasteiger partial charge in [-0.25, -0.2) is 4.79 Å². The van der Waals surface area contributed by atoms with E-state index in [4.69, 9.17) is 4.74 Å². The van der Waals surface area contributed by atoms with Crippen molar-refractivity contribution in [2.24, 2.45) is 5.92 Å². The zero-order valence-electron chi connectivity index (χ0n) is 12.3. The minimum atomic E-state index is -0.376. The highest BCUT2D eigenvalue weighted by atomic mass is 16.5. The number of piperidine rings is 1. The Labute approximate surface area is 119 Å². The van der Waals surface area contributed by atoms with Crippen LogP contribution < -0.4 is 5.32 Å². The van der Waals surface area contributed by atoms with E-state index in [-0.39, 0.29) is 18.1 Å². The number of hydrogen-bond donors (Lipinski definition) is 1. The third-order valence-corrected chi connectivity index (χ3v) is 4.12. The number of carbonyl (C=O) groups is 2. The van der Waals surface area contributed by atoms with Gasteiger partial charge in [0.15, 0.2) is 0 Å². The highest BCUT2D eigenvalue weighted by Gasteiger charge is 2.36. The number of amides is 1. The predicted octanol–water partition coefficient (Wildman–Crippen LogP) is 1.15. The van der Waals surface area contributed by atoms with Crippen LogP contribution in [0.25, 0.3) is 0 Å². The van der Waals surface area contributed by atoms with Crippen LogP contribution >= 0.6 is 0 Å². The fourth-order valence-electron chi connectivity index (χ4n) is 2.94. The number of esters is 1. The molecule has 2 unspecified atom stereocenters. The quantitative estimate of drug-likeness (QED) is 0.767. The van der Waals surface area contributed by atoms with E-state index in [1.807, 2.05) is 0 Å². The lowest BCUT2D eigenvalue weighted by molar-refractivity contribution is -0.141. The zero-order chi connectivity index (χ0) is 14.5. The molecule has 0 bridgehead atoms. The molecule has 1 N–H and O–H groups in total. The average Bonchev–Trinajstić information content (AvgIpc) is 3.28. The Hall–Kier alpha value is -1.30. The van der Waals surface area contributed by atoms with Crippen molar-refractivity contribution in [3.8, 4) is 0 Å². The number of alkyl carbamates (subject to hydrolysis) is 1. The van der Waals surface area contributed by atoms with Crippen LogP contribution in [0.15, 0.2) is 0 Å². The maximum atomic E-state index is 11.4. The number of carbonyl (C=O) groups excluding carboxylic acids is 2. The van der Waals surface area contributed by atoms with E-state index in [1.54, 1.807) is 0 Å². The first-order valence-corrected chi connectivity index (χ1v) is 7.27. The lowest BCUT2D eigenvalue weighted by atomic mass is 9.90. The molecule has 0 radical (unpaired) electrons. The third-order valence-electron chi connectivity index (χ3n) is 4.12. The molecular formula is C14H24N2O4. The van der Waals surface area contributed by atoms with Gasteiger partial charge in [-0.2, -0.15) is 0 Å². The highest BCUT2D eigenvalue weighted by Crippen LogP contribution is 2.32. The van der Waals surface area contributed by atoms with E-state index in [1.165, 1.54) is 27.1 Å². The molecule has 2 rings (SSSR count). The maximum Gasteiger partial charge on any atom is 0.407 e. The van der Waals surface area contributed by atoms with E-state index in [0.717, 1.165) is 25.9 Å². The fourth-order valence-corrected chi connectivity index (χ4v) is 2.94. The van der Waals surface area contributed by atoms with Crippen molar-refractivity contribution in [1.29, 1.82) is 0 Å². The second-order valence-corrected chi connectivity index (χ2v) is 5.73. The summed E-state index contributed by atoms with van der Waals surface area (Å²) in [4.78, 5) is 25.1. The van der Waals surface area contributed by atoms with Crippen LogP contribution in [0.2, 0.25) is 0 Å². The third kappa shape index (κ3) is 4.37. The normalized spacial score (nSPS) is 26.9. The van der Waals surface area contributed by atoms with Gasteiger partial charge in [-0.3, -0.25) is 9.69 Å². The second-order valence-electron chi connectivity index (χ2n) is 5.73. The SMILES string of the molecule is COC(=O)CCC1CC(NC(=O)OC)CN(C2CC2)C1. The van der Waals surface area contributed by atoms with Crippen molar-refractivity contribution in [3.63, 3.8) is 0 Å². The van der Waals surface area contributed by atoms with Crippen molar-refractivity contribution < 1.29 is 19.1 Å². The summed E-state index contributed by atoms with van der Waals surface area (Å²) in [6, 6.07) is 0.775. The molecule has 114 valence electrons. The number of rotatable bonds is 5. The van der Waals surface area contributed by atoms with Crippen LogP contribution in [-0.4, -0.2) is 56.4 Å². The Bertz CT molecular complexity index is 357. The van der Waals surface area contributed by atoms with Gasteiger partial charge in [-0.15, -0.1) is 0 Å². The molecule has 20 heavy (non-hydrogen) atoms. The summed E-state index contributed by atoms with van der Waals surface area (Å²) in [7, 11) is 2.80. The molecule has 1 heterocycles. The summed E-state index contributed by atoms with van der Waals surface area (Å²) in [5.41, 5.74) is 0. The van der Waals surface area contributed by atoms with Crippen molar-refractivity contribution >= 4 is 12.1 Å². The number of hydrogen-bond acceptors (Lipinski definition) is 5. The summed E-state index contributed by atoms with van der Waals surface area (Å²) in [5, 5.41) is 2.89. The smallest absolute Gasteiger partial charge is 0.407 e. The first-order valence-electron chi connectivity index (χ1n) is 7.27. The highest BCUT2D eigenvalue weighted by molar-refractivity contribution is 5.69. The summed E-state index contributed by atoms with van der Waals surface area (Å²) in [5.74, 6) is 0.261. The Morgan fingerprint density at radius 1 is 1.20 bits per heavy atom. The molecule has 1 amide bonds. The average molecular weight is 284 g/mol. The number of ether oxygens (including phenoxy) is 2. The standard InChI is InChI=1S/C14H24N2O4/c1-19-13(17)6-3-10-7-11(15-14(18)20-2)9-16(8-10)12-4-5-12/h10-12H,3-9H2,1-2H3,(H,15,18). The Kier molecular flexibility index (Phi) is 5.23. The molecule has 0 aromatic carbocycles. The predicted molar refractivity (Wildman–Crippen MR) is 73.3 cm³/mol. The van der Waals surface area contributed by atoms with Gasteiger partial charge in [0.05, 0.1) is 14.2 Å². The van der Waals surface area contributed by atoms with E-state index >= 15 is 0 Å². The van der Waals surface area contributed by atoms with Gasteiger partial charge in [0, 0.05) is 31.6 Å². The minimum absolute atomic E-state index is 0.111. The molecule has 1 aliphatic heterocycles. The monoisotopic (exact) mass is 284 g/mol. The van der Waals surface area contributed by atoms with Gasteiger partial charge in [0.1, 0.15) is 0 Å². The van der Waals surface area contributed by atoms with Crippen LogP contribution in [0.5, 0.6) is 0 Å². The molecule has 2 atom stereocenters. The van der Waals surface area contributed by atoms with E-state index in [0.29, 0.717) is 18.4 Å². The van der Waals surface area contributed by atoms with Crippen LogP contribution in [0.3, 0.4) is 0 Å². The molecule has 2 aliphatic rings. The van der Waals surface area contributed by atoms with Gasteiger partial charge in [-0.1, -0.05) is 0 Å². The van der Waals surface area contributed by atoms with Gasteiger partial charge < -0.3 is 14.8 Å². The Morgan fingerprint density at radius 2 is 1.95 bits per heavy atom. The molecule has 6 heteroatoms. The Morgan fingerprint density at radius 3 is 2.55 bits per heavy atom.